The highest BCUT2D eigenvalue weighted by atomic mass is 16.6. The summed E-state index contributed by atoms with van der Waals surface area (Å²) < 4.78 is 10.5. The van der Waals surface area contributed by atoms with Gasteiger partial charge in [0.25, 0.3) is 5.69 Å². The maximum absolute atomic E-state index is 10.7. The van der Waals surface area contributed by atoms with Crippen LogP contribution in [0.25, 0.3) is 0 Å². The molecule has 0 radical (unpaired) electrons. The predicted molar refractivity (Wildman–Crippen MR) is 67.1 cm³/mol. The molecular formula is C11H17N3O4. The average molecular weight is 255 g/mol. The first-order valence-electron chi connectivity index (χ1n) is 5.58. The van der Waals surface area contributed by atoms with Crippen molar-refractivity contribution in [1.29, 1.82) is 0 Å². The second-order valence-electron chi connectivity index (χ2n) is 3.50. The summed E-state index contributed by atoms with van der Waals surface area (Å²) in [7, 11) is 0. The quantitative estimate of drug-likeness (QED) is 0.315. The van der Waals surface area contributed by atoms with Crippen molar-refractivity contribution in [1.82, 2.24) is 0 Å². The molecular weight excluding hydrogens is 238 g/mol. The first kappa shape index (κ1) is 14.4. The summed E-state index contributed by atoms with van der Waals surface area (Å²) in [4.78, 5) is 10.2. The van der Waals surface area contributed by atoms with Crippen LogP contribution in [0.15, 0.2) is 18.2 Å². The lowest BCUT2D eigenvalue weighted by atomic mass is 10.2. The molecule has 0 atom stereocenters. The highest BCUT2D eigenvalue weighted by Gasteiger charge is 2.12. The van der Waals surface area contributed by atoms with Crippen LogP contribution in [0.5, 0.6) is 0 Å². The van der Waals surface area contributed by atoms with E-state index in [9.17, 15) is 10.1 Å². The smallest absolute Gasteiger partial charge is 0.293 e. The zero-order valence-corrected chi connectivity index (χ0v) is 10.2. The van der Waals surface area contributed by atoms with Crippen molar-refractivity contribution in [3.63, 3.8) is 0 Å². The van der Waals surface area contributed by atoms with E-state index in [0.717, 1.165) is 5.56 Å². The van der Waals surface area contributed by atoms with E-state index in [0.29, 0.717) is 26.4 Å². The Bertz CT molecular complexity index is 398. The van der Waals surface area contributed by atoms with E-state index < -0.39 is 4.92 Å². The van der Waals surface area contributed by atoms with E-state index in [1.807, 2.05) is 6.92 Å². The largest absolute Gasteiger partial charge is 0.379 e. The number of nitro groups is 1. The SMILES string of the molecule is CCOCCOCc1ccc([N+](=O)[O-])c(NN)c1. The van der Waals surface area contributed by atoms with Gasteiger partial charge in [-0.3, -0.25) is 16.0 Å². The van der Waals surface area contributed by atoms with Crippen LogP contribution in [0.1, 0.15) is 12.5 Å². The van der Waals surface area contributed by atoms with E-state index in [2.05, 4.69) is 5.43 Å². The van der Waals surface area contributed by atoms with Gasteiger partial charge in [-0.15, -0.1) is 0 Å². The van der Waals surface area contributed by atoms with Crippen LogP contribution in [0.4, 0.5) is 11.4 Å². The number of benzene rings is 1. The summed E-state index contributed by atoms with van der Waals surface area (Å²) in [5.41, 5.74) is 3.33. The molecule has 0 aliphatic heterocycles. The molecule has 0 amide bonds. The molecule has 0 saturated heterocycles. The minimum atomic E-state index is -0.491. The molecule has 0 spiro atoms. The fourth-order valence-electron chi connectivity index (χ4n) is 1.40. The van der Waals surface area contributed by atoms with Gasteiger partial charge in [-0.25, -0.2) is 0 Å². The zero-order chi connectivity index (χ0) is 13.4. The molecule has 0 bridgehead atoms. The summed E-state index contributed by atoms with van der Waals surface area (Å²) in [5.74, 6) is 5.24. The van der Waals surface area contributed by atoms with Crippen LogP contribution in [0.2, 0.25) is 0 Å². The molecule has 7 heteroatoms. The third-order valence-corrected chi connectivity index (χ3v) is 2.26. The predicted octanol–water partition coefficient (Wildman–Crippen LogP) is 1.43. The molecule has 100 valence electrons. The molecule has 18 heavy (non-hydrogen) atoms. The number of rotatable bonds is 8. The summed E-state index contributed by atoms with van der Waals surface area (Å²) in [6.45, 7) is 3.94. The number of nitrogens with zero attached hydrogens (tertiary/aromatic N) is 1. The van der Waals surface area contributed by atoms with E-state index in [1.54, 1.807) is 12.1 Å². The third kappa shape index (κ3) is 4.28. The fourth-order valence-corrected chi connectivity index (χ4v) is 1.40. The van der Waals surface area contributed by atoms with Crippen LogP contribution >= 0.6 is 0 Å². The lowest BCUT2D eigenvalue weighted by Crippen LogP contribution is -2.10. The van der Waals surface area contributed by atoms with Crippen LogP contribution in [-0.2, 0) is 16.1 Å². The minimum Gasteiger partial charge on any atom is -0.379 e. The number of nitrogens with one attached hydrogen (secondary N) is 1. The topological polar surface area (TPSA) is 99.6 Å². The van der Waals surface area contributed by atoms with Gasteiger partial charge in [-0.05, 0) is 24.6 Å². The van der Waals surface area contributed by atoms with Gasteiger partial charge >= 0.3 is 0 Å². The molecule has 0 aromatic heterocycles. The van der Waals surface area contributed by atoms with Gasteiger partial charge in [-0.1, -0.05) is 0 Å². The van der Waals surface area contributed by atoms with Gasteiger partial charge in [0.05, 0.1) is 24.7 Å². The Morgan fingerprint density at radius 1 is 1.39 bits per heavy atom. The van der Waals surface area contributed by atoms with Gasteiger partial charge in [0.15, 0.2) is 0 Å². The second kappa shape index (κ2) is 7.59. The van der Waals surface area contributed by atoms with Crippen molar-refractivity contribution in [2.75, 3.05) is 25.2 Å². The van der Waals surface area contributed by atoms with Gasteiger partial charge in [0.1, 0.15) is 5.69 Å². The molecule has 0 aliphatic rings. The summed E-state index contributed by atoms with van der Waals surface area (Å²) in [6, 6.07) is 4.63. The number of nitrogen functional groups attached to an aromatic ring is 1. The van der Waals surface area contributed by atoms with Crippen molar-refractivity contribution < 1.29 is 14.4 Å². The van der Waals surface area contributed by atoms with E-state index in [-0.39, 0.29) is 11.4 Å². The zero-order valence-electron chi connectivity index (χ0n) is 10.2. The average Bonchev–Trinajstić information content (AvgIpc) is 2.38. The Balaban J connectivity index is 2.54. The normalized spacial score (nSPS) is 10.3. The Morgan fingerprint density at radius 2 is 2.11 bits per heavy atom. The Hall–Kier alpha value is -1.70. The van der Waals surface area contributed by atoms with Crippen molar-refractivity contribution in [2.24, 2.45) is 5.84 Å². The van der Waals surface area contributed by atoms with Crippen molar-refractivity contribution in [3.05, 3.63) is 33.9 Å². The molecule has 1 rings (SSSR count). The number of ether oxygens (including phenoxy) is 2. The highest BCUT2D eigenvalue weighted by molar-refractivity contribution is 5.61. The molecule has 0 unspecified atom stereocenters. The number of hydrogen-bond acceptors (Lipinski definition) is 6. The number of anilines is 1. The Labute approximate surface area is 105 Å². The molecule has 0 heterocycles. The number of hydrazine groups is 1. The van der Waals surface area contributed by atoms with Gasteiger partial charge < -0.3 is 14.9 Å². The lowest BCUT2D eigenvalue weighted by molar-refractivity contribution is -0.384. The minimum absolute atomic E-state index is 0.0597. The van der Waals surface area contributed by atoms with E-state index >= 15 is 0 Å². The number of nitrogens with two attached hydrogens (primary N) is 1. The molecule has 1 aromatic carbocycles. The van der Waals surface area contributed by atoms with Gasteiger partial charge in [-0.2, -0.15) is 0 Å². The number of nitro benzene ring substituents is 1. The fraction of sp³-hybridized carbons (Fsp3) is 0.455. The van der Waals surface area contributed by atoms with Crippen LogP contribution in [0, 0.1) is 10.1 Å². The Kier molecular flexibility index (Phi) is 6.06. The van der Waals surface area contributed by atoms with Crippen LogP contribution < -0.4 is 11.3 Å². The molecule has 0 fully saturated rings. The molecule has 0 saturated carbocycles. The summed E-state index contributed by atoms with van der Waals surface area (Å²) >= 11 is 0. The highest BCUT2D eigenvalue weighted by Crippen LogP contribution is 2.24. The lowest BCUT2D eigenvalue weighted by Gasteiger charge is -2.07. The van der Waals surface area contributed by atoms with E-state index in [4.69, 9.17) is 15.3 Å². The standard InChI is InChI=1S/C11H17N3O4/c1-2-17-5-6-18-8-9-3-4-11(14(15)16)10(7-9)13-12/h3-4,7,13H,2,5-6,8,12H2,1H3. The van der Waals surface area contributed by atoms with Crippen LogP contribution in [-0.4, -0.2) is 24.7 Å². The third-order valence-electron chi connectivity index (χ3n) is 2.26. The van der Waals surface area contributed by atoms with E-state index in [1.165, 1.54) is 6.07 Å². The van der Waals surface area contributed by atoms with Gasteiger partial charge in [0.2, 0.25) is 0 Å². The maximum Gasteiger partial charge on any atom is 0.293 e. The number of hydrogen-bond donors (Lipinski definition) is 2. The monoisotopic (exact) mass is 255 g/mol. The summed E-state index contributed by atoms with van der Waals surface area (Å²) in [5, 5.41) is 10.7. The summed E-state index contributed by atoms with van der Waals surface area (Å²) in [6.07, 6.45) is 0. The van der Waals surface area contributed by atoms with Crippen molar-refractivity contribution in [2.45, 2.75) is 13.5 Å². The Morgan fingerprint density at radius 3 is 2.72 bits per heavy atom. The molecule has 7 nitrogen and oxygen atoms in total. The first-order valence-corrected chi connectivity index (χ1v) is 5.58. The van der Waals surface area contributed by atoms with Crippen molar-refractivity contribution in [3.8, 4) is 0 Å². The van der Waals surface area contributed by atoms with Crippen LogP contribution in [0.3, 0.4) is 0 Å². The molecule has 0 aliphatic carbocycles. The molecule has 3 N–H and O–H groups in total. The molecule has 1 aromatic rings. The van der Waals surface area contributed by atoms with Gasteiger partial charge in [0, 0.05) is 12.7 Å². The first-order chi connectivity index (χ1) is 8.69. The maximum atomic E-state index is 10.7. The second-order valence-corrected chi connectivity index (χ2v) is 3.50. The van der Waals surface area contributed by atoms with Crippen molar-refractivity contribution >= 4 is 11.4 Å².